The molecule has 0 bridgehead atoms. The van der Waals surface area contributed by atoms with Crippen LogP contribution in [0.25, 0.3) is 0 Å². The van der Waals surface area contributed by atoms with Crippen molar-refractivity contribution >= 4 is 5.78 Å². The van der Waals surface area contributed by atoms with Gasteiger partial charge in [0.2, 0.25) is 5.78 Å². The highest BCUT2D eigenvalue weighted by Gasteiger charge is 2.32. The normalized spacial score (nSPS) is 14.2. The van der Waals surface area contributed by atoms with Gasteiger partial charge in [0.15, 0.2) is 0 Å². The van der Waals surface area contributed by atoms with E-state index < -0.39 is 0 Å². The monoisotopic (exact) mass is 240 g/mol. The highest BCUT2D eigenvalue weighted by atomic mass is 16.3. The molecule has 1 aliphatic rings. The summed E-state index contributed by atoms with van der Waals surface area (Å²) in [5, 5.41) is 19.7. The number of fused-ring (bicyclic) bond motifs is 2. The summed E-state index contributed by atoms with van der Waals surface area (Å²) in [5.74, 6) is -0.391. The van der Waals surface area contributed by atoms with E-state index >= 15 is 0 Å². The van der Waals surface area contributed by atoms with Crippen LogP contribution in [0.15, 0.2) is 36.4 Å². The Bertz CT molecular complexity index is 603. The lowest BCUT2D eigenvalue weighted by molar-refractivity contribution is 0.102. The largest absolute Gasteiger partial charge is 0.507 e. The van der Waals surface area contributed by atoms with E-state index in [4.69, 9.17) is 0 Å². The molecule has 2 N–H and O–H groups in total. The van der Waals surface area contributed by atoms with E-state index in [2.05, 4.69) is 0 Å². The molecule has 0 aliphatic heterocycles. The Morgan fingerprint density at radius 1 is 0.889 bits per heavy atom. The molecule has 90 valence electrons. The van der Waals surface area contributed by atoms with Crippen LogP contribution in [0.2, 0.25) is 0 Å². The average molecular weight is 240 g/mol. The molecule has 18 heavy (non-hydrogen) atoms. The Morgan fingerprint density at radius 2 is 1.33 bits per heavy atom. The smallest absolute Gasteiger partial charge is 0.201 e. The summed E-state index contributed by atoms with van der Waals surface area (Å²) in [5.41, 5.74) is 2.22. The van der Waals surface area contributed by atoms with Gasteiger partial charge in [-0.15, -0.1) is 0 Å². The first-order valence-corrected chi connectivity index (χ1v) is 5.79. The number of hydrogen-bond acceptors (Lipinski definition) is 3. The predicted octanol–water partition coefficient (Wildman–Crippen LogP) is 2.79. The third kappa shape index (κ3) is 1.27. The van der Waals surface area contributed by atoms with Crippen molar-refractivity contribution in [1.82, 2.24) is 0 Å². The molecule has 0 amide bonds. The molecule has 0 radical (unpaired) electrons. The zero-order valence-corrected chi connectivity index (χ0v) is 9.84. The Hall–Kier alpha value is -2.29. The minimum absolute atomic E-state index is 0.0214. The van der Waals surface area contributed by atoms with Crippen LogP contribution >= 0.6 is 0 Å². The fourth-order valence-electron chi connectivity index (χ4n) is 2.62. The SMILES string of the molecule is CC1c2cccc(O)c2C(=O)c2c(O)cccc21. The van der Waals surface area contributed by atoms with E-state index in [1.165, 1.54) is 12.1 Å². The van der Waals surface area contributed by atoms with Crippen molar-refractivity contribution in [1.29, 1.82) is 0 Å². The fraction of sp³-hybridized carbons (Fsp3) is 0.133. The van der Waals surface area contributed by atoms with Gasteiger partial charge in [0.25, 0.3) is 0 Å². The number of hydrogen-bond donors (Lipinski definition) is 2. The zero-order valence-electron chi connectivity index (χ0n) is 9.84. The van der Waals surface area contributed by atoms with Crippen LogP contribution in [0.5, 0.6) is 11.5 Å². The number of carbonyl (C=O) groups excluding carboxylic acids is 1. The first-order valence-electron chi connectivity index (χ1n) is 5.79. The molecule has 0 heterocycles. The van der Waals surface area contributed by atoms with E-state index in [0.717, 1.165) is 11.1 Å². The second-order valence-electron chi connectivity index (χ2n) is 4.53. The molecule has 0 saturated heterocycles. The van der Waals surface area contributed by atoms with Gasteiger partial charge in [-0.2, -0.15) is 0 Å². The summed E-state index contributed by atoms with van der Waals surface area (Å²) in [6.45, 7) is 1.96. The number of aromatic hydroxyl groups is 2. The van der Waals surface area contributed by atoms with Crippen LogP contribution in [0.3, 0.4) is 0 Å². The van der Waals surface area contributed by atoms with Crippen molar-refractivity contribution in [3.05, 3.63) is 58.7 Å². The number of ketones is 1. The lowest BCUT2D eigenvalue weighted by Crippen LogP contribution is -2.18. The molecule has 0 aromatic heterocycles. The second kappa shape index (κ2) is 3.60. The quantitative estimate of drug-likeness (QED) is 0.744. The Morgan fingerprint density at radius 3 is 1.78 bits per heavy atom. The number of phenolic OH excluding ortho intramolecular Hbond substituents is 2. The maximum atomic E-state index is 12.4. The van der Waals surface area contributed by atoms with Crippen LogP contribution in [-0.4, -0.2) is 16.0 Å². The van der Waals surface area contributed by atoms with Gasteiger partial charge in [-0.05, 0) is 23.3 Å². The first kappa shape index (κ1) is 10.8. The highest BCUT2D eigenvalue weighted by molar-refractivity contribution is 6.15. The van der Waals surface area contributed by atoms with Crippen LogP contribution < -0.4 is 0 Å². The predicted molar refractivity (Wildman–Crippen MR) is 67.2 cm³/mol. The average Bonchev–Trinajstić information content (AvgIpc) is 2.35. The van der Waals surface area contributed by atoms with Crippen molar-refractivity contribution in [3.63, 3.8) is 0 Å². The standard InChI is InChI=1S/C15H12O3/c1-8-9-4-2-6-11(16)13(9)15(18)14-10(8)5-3-7-12(14)17/h2-8,16-17H,1H3. The summed E-state index contributed by atoms with van der Waals surface area (Å²) in [7, 11) is 0. The molecular formula is C15H12O3. The fourth-order valence-corrected chi connectivity index (χ4v) is 2.62. The van der Waals surface area contributed by atoms with E-state index in [1.54, 1.807) is 12.1 Å². The third-order valence-corrected chi connectivity index (χ3v) is 3.54. The van der Waals surface area contributed by atoms with E-state index in [-0.39, 0.29) is 23.2 Å². The minimum Gasteiger partial charge on any atom is -0.507 e. The van der Waals surface area contributed by atoms with Crippen LogP contribution in [0, 0.1) is 0 Å². The molecule has 1 aliphatic carbocycles. The maximum absolute atomic E-state index is 12.4. The Labute approximate surface area is 104 Å². The summed E-state index contributed by atoms with van der Waals surface area (Å²) in [6, 6.07) is 10.1. The van der Waals surface area contributed by atoms with Gasteiger partial charge in [0.1, 0.15) is 11.5 Å². The molecule has 0 atom stereocenters. The van der Waals surface area contributed by atoms with Crippen LogP contribution in [0.4, 0.5) is 0 Å². The van der Waals surface area contributed by atoms with Gasteiger partial charge in [0, 0.05) is 5.92 Å². The number of benzene rings is 2. The second-order valence-corrected chi connectivity index (χ2v) is 4.53. The summed E-state index contributed by atoms with van der Waals surface area (Å²) in [4.78, 5) is 12.4. The first-order chi connectivity index (χ1) is 8.61. The molecule has 0 unspecified atom stereocenters. The van der Waals surface area contributed by atoms with Gasteiger partial charge in [-0.3, -0.25) is 4.79 Å². The zero-order chi connectivity index (χ0) is 12.9. The summed E-state index contributed by atoms with van der Waals surface area (Å²) in [6.07, 6.45) is 0. The topological polar surface area (TPSA) is 57.5 Å². The molecule has 0 fully saturated rings. The highest BCUT2D eigenvalue weighted by Crippen LogP contribution is 2.42. The Balaban J connectivity index is 2.36. The number of phenols is 2. The lowest BCUT2D eigenvalue weighted by atomic mass is 9.77. The third-order valence-electron chi connectivity index (χ3n) is 3.54. The van der Waals surface area contributed by atoms with Gasteiger partial charge < -0.3 is 10.2 Å². The molecular weight excluding hydrogens is 228 g/mol. The van der Waals surface area contributed by atoms with Crippen molar-refractivity contribution < 1.29 is 15.0 Å². The van der Waals surface area contributed by atoms with E-state index in [0.29, 0.717) is 11.1 Å². The van der Waals surface area contributed by atoms with Gasteiger partial charge in [0.05, 0.1) is 11.1 Å². The minimum atomic E-state index is -0.311. The van der Waals surface area contributed by atoms with E-state index in [9.17, 15) is 15.0 Å². The van der Waals surface area contributed by atoms with Gasteiger partial charge in [-0.1, -0.05) is 31.2 Å². The van der Waals surface area contributed by atoms with Gasteiger partial charge in [-0.25, -0.2) is 0 Å². The maximum Gasteiger partial charge on any atom is 0.201 e. The molecule has 0 spiro atoms. The molecule has 3 rings (SSSR count). The molecule has 0 saturated carbocycles. The van der Waals surface area contributed by atoms with E-state index in [1.807, 2.05) is 19.1 Å². The molecule has 2 aromatic carbocycles. The molecule has 3 heteroatoms. The van der Waals surface area contributed by atoms with Crippen LogP contribution in [0.1, 0.15) is 39.9 Å². The summed E-state index contributed by atoms with van der Waals surface area (Å²) >= 11 is 0. The number of carbonyl (C=O) groups is 1. The molecule has 2 aromatic rings. The van der Waals surface area contributed by atoms with Crippen molar-refractivity contribution in [3.8, 4) is 11.5 Å². The Kier molecular flexibility index (Phi) is 2.17. The summed E-state index contributed by atoms with van der Waals surface area (Å²) < 4.78 is 0. The van der Waals surface area contributed by atoms with Crippen molar-refractivity contribution in [2.24, 2.45) is 0 Å². The van der Waals surface area contributed by atoms with Crippen molar-refractivity contribution in [2.45, 2.75) is 12.8 Å². The lowest BCUT2D eigenvalue weighted by Gasteiger charge is -2.25. The van der Waals surface area contributed by atoms with Crippen molar-refractivity contribution in [2.75, 3.05) is 0 Å². The number of rotatable bonds is 0. The van der Waals surface area contributed by atoms with Crippen LogP contribution in [-0.2, 0) is 0 Å². The molecule has 3 nitrogen and oxygen atoms in total. The van der Waals surface area contributed by atoms with Gasteiger partial charge >= 0.3 is 0 Å².